The minimum Gasteiger partial charge on any atom is -0.414 e. The Bertz CT molecular complexity index is 1060. The molecule has 5 nitrogen and oxygen atoms in total. The summed E-state index contributed by atoms with van der Waals surface area (Å²) in [5.74, 6) is 0.505. The Balaban J connectivity index is 1.53. The number of imidazole rings is 1. The lowest BCUT2D eigenvalue weighted by Gasteiger charge is -2.41. The number of hydrogen-bond donors (Lipinski definition) is 0. The molecule has 4 rings (SSSR count). The first-order chi connectivity index (χ1) is 15.1. The molecule has 7 heteroatoms. The number of fused-ring (bicyclic) bond motifs is 1. The molecular weight excluding hydrogens is 482 g/mol. The molecule has 0 bridgehead atoms. The molecule has 0 atom stereocenters. The SMILES string of the molecule is CC(C)(C)[Si](C)(C)O[C@H]1CC[C@H](Cn2c(=O)n(C3=CCCCC3)c3ncc(Br)cc32)CC1. The van der Waals surface area contributed by atoms with Gasteiger partial charge in [0.1, 0.15) is 0 Å². The van der Waals surface area contributed by atoms with Gasteiger partial charge in [-0.2, -0.15) is 0 Å². The summed E-state index contributed by atoms with van der Waals surface area (Å²) in [5.41, 5.74) is 2.92. The van der Waals surface area contributed by atoms with Crippen LogP contribution in [0.25, 0.3) is 16.9 Å². The molecule has 0 radical (unpaired) electrons. The van der Waals surface area contributed by atoms with E-state index >= 15 is 0 Å². The second-order valence-electron chi connectivity index (χ2n) is 11.2. The molecule has 1 fully saturated rings. The van der Waals surface area contributed by atoms with E-state index in [2.05, 4.69) is 66.9 Å². The first kappa shape index (κ1) is 24.0. The van der Waals surface area contributed by atoms with E-state index in [-0.39, 0.29) is 10.7 Å². The zero-order valence-corrected chi connectivity index (χ0v) is 22.9. The fourth-order valence-electron chi connectivity index (χ4n) is 4.85. The predicted molar refractivity (Wildman–Crippen MR) is 138 cm³/mol. The van der Waals surface area contributed by atoms with Gasteiger partial charge in [-0.15, -0.1) is 0 Å². The Morgan fingerprint density at radius 2 is 1.91 bits per heavy atom. The van der Waals surface area contributed by atoms with E-state index in [0.29, 0.717) is 12.0 Å². The molecule has 2 aliphatic rings. The van der Waals surface area contributed by atoms with Crippen molar-refractivity contribution in [1.29, 1.82) is 0 Å². The lowest BCUT2D eigenvalue weighted by atomic mass is 9.87. The number of nitrogens with zero attached hydrogens (tertiary/aromatic N) is 3. The number of aromatic nitrogens is 3. The van der Waals surface area contributed by atoms with Crippen LogP contribution in [0.1, 0.15) is 72.1 Å². The van der Waals surface area contributed by atoms with Crippen LogP contribution in [0.2, 0.25) is 18.1 Å². The smallest absolute Gasteiger partial charge is 0.334 e. The average molecular weight is 521 g/mol. The Labute approximate surface area is 201 Å². The number of allylic oxidation sites excluding steroid dienone is 2. The van der Waals surface area contributed by atoms with Crippen molar-refractivity contribution in [2.24, 2.45) is 5.92 Å². The third-order valence-corrected chi connectivity index (χ3v) is 12.8. The molecule has 0 aliphatic heterocycles. The summed E-state index contributed by atoms with van der Waals surface area (Å²) in [6.45, 7) is 12.4. The second kappa shape index (κ2) is 9.22. The van der Waals surface area contributed by atoms with Crippen LogP contribution >= 0.6 is 15.9 Å². The van der Waals surface area contributed by atoms with Gasteiger partial charge in [0.05, 0.1) is 5.52 Å². The van der Waals surface area contributed by atoms with Crippen molar-refractivity contribution >= 4 is 41.1 Å². The minimum absolute atomic E-state index is 0.0680. The number of hydrogen-bond acceptors (Lipinski definition) is 3. The number of rotatable bonds is 5. The van der Waals surface area contributed by atoms with Crippen molar-refractivity contribution in [1.82, 2.24) is 14.1 Å². The maximum atomic E-state index is 13.5. The second-order valence-corrected chi connectivity index (χ2v) is 16.9. The largest absolute Gasteiger partial charge is 0.414 e. The molecule has 0 unspecified atom stereocenters. The number of halogens is 1. The van der Waals surface area contributed by atoms with Gasteiger partial charge < -0.3 is 4.43 Å². The van der Waals surface area contributed by atoms with E-state index in [1.54, 1.807) is 6.20 Å². The highest BCUT2D eigenvalue weighted by atomic mass is 79.9. The Morgan fingerprint density at radius 3 is 2.53 bits per heavy atom. The summed E-state index contributed by atoms with van der Waals surface area (Å²) in [5, 5.41) is 0.243. The van der Waals surface area contributed by atoms with Crippen molar-refractivity contribution in [3.63, 3.8) is 0 Å². The molecule has 2 aromatic rings. The van der Waals surface area contributed by atoms with Crippen LogP contribution in [-0.4, -0.2) is 28.5 Å². The summed E-state index contributed by atoms with van der Waals surface area (Å²) >= 11 is 3.56. The molecular formula is C25H38BrN3O2Si. The Morgan fingerprint density at radius 1 is 1.19 bits per heavy atom. The molecule has 1 saturated carbocycles. The van der Waals surface area contributed by atoms with Gasteiger partial charge in [-0.05, 0) is 97.4 Å². The fraction of sp³-hybridized carbons (Fsp3) is 0.680. The van der Waals surface area contributed by atoms with Crippen LogP contribution in [0, 0.1) is 5.92 Å². The molecule has 176 valence electrons. The molecule has 0 aromatic carbocycles. The monoisotopic (exact) mass is 519 g/mol. The van der Waals surface area contributed by atoms with E-state index in [1.807, 2.05) is 9.13 Å². The molecule has 2 aliphatic carbocycles. The van der Waals surface area contributed by atoms with Gasteiger partial charge in [-0.3, -0.25) is 4.57 Å². The number of pyridine rings is 1. The van der Waals surface area contributed by atoms with E-state index in [4.69, 9.17) is 4.43 Å². The first-order valence-electron chi connectivity index (χ1n) is 12.2. The summed E-state index contributed by atoms with van der Waals surface area (Å²) < 4.78 is 11.4. The zero-order chi connectivity index (χ0) is 23.1. The van der Waals surface area contributed by atoms with Gasteiger partial charge in [0.25, 0.3) is 0 Å². The minimum atomic E-state index is -1.73. The van der Waals surface area contributed by atoms with E-state index in [9.17, 15) is 4.79 Å². The third kappa shape index (κ3) is 4.85. The lowest BCUT2D eigenvalue weighted by molar-refractivity contribution is 0.112. The van der Waals surface area contributed by atoms with Gasteiger partial charge >= 0.3 is 5.69 Å². The summed E-state index contributed by atoms with van der Waals surface area (Å²) in [4.78, 5) is 18.2. The first-order valence-corrected chi connectivity index (χ1v) is 15.9. The van der Waals surface area contributed by atoms with Crippen LogP contribution in [0.15, 0.2) is 27.6 Å². The maximum absolute atomic E-state index is 13.5. The van der Waals surface area contributed by atoms with Crippen molar-refractivity contribution in [2.45, 2.75) is 103 Å². The normalized spacial score (nSPS) is 22.9. The lowest BCUT2D eigenvalue weighted by Crippen LogP contribution is -2.44. The molecule has 0 amide bonds. The molecule has 0 N–H and O–H groups in total. The maximum Gasteiger partial charge on any atom is 0.334 e. The van der Waals surface area contributed by atoms with Crippen LogP contribution in [-0.2, 0) is 11.0 Å². The predicted octanol–water partition coefficient (Wildman–Crippen LogP) is 6.96. The van der Waals surface area contributed by atoms with Gasteiger partial charge in [-0.1, -0.05) is 26.8 Å². The van der Waals surface area contributed by atoms with Crippen LogP contribution < -0.4 is 5.69 Å². The van der Waals surface area contributed by atoms with Crippen molar-refractivity contribution in [2.75, 3.05) is 0 Å². The molecule has 0 spiro atoms. The average Bonchev–Trinajstić information content (AvgIpc) is 3.00. The van der Waals surface area contributed by atoms with E-state index < -0.39 is 8.32 Å². The quantitative estimate of drug-likeness (QED) is 0.401. The summed E-state index contributed by atoms with van der Waals surface area (Å²) in [7, 11) is -1.73. The Hall–Kier alpha value is -1.18. The highest BCUT2D eigenvalue weighted by Crippen LogP contribution is 2.40. The van der Waals surface area contributed by atoms with Gasteiger partial charge in [0.2, 0.25) is 0 Å². The molecule has 32 heavy (non-hydrogen) atoms. The van der Waals surface area contributed by atoms with Gasteiger partial charge in [0, 0.05) is 29.0 Å². The molecule has 0 saturated heterocycles. The van der Waals surface area contributed by atoms with Crippen molar-refractivity contribution < 1.29 is 4.43 Å². The highest BCUT2D eigenvalue weighted by molar-refractivity contribution is 9.10. The summed E-state index contributed by atoms with van der Waals surface area (Å²) in [6.07, 6.45) is 13.1. The van der Waals surface area contributed by atoms with E-state index in [0.717, 1.165) is 72.8 Å². The zero-order valence-electron chi connectivity index (χ0n) is 20.3. The summed E-state index contributed by atoms with van der Waals surface area (Å²) in [6, 6.07) is 2.05. The standard InChI is InChI=1S/C25H38BrN3O2Si/c1-25(2,3)32(4,5)31-21-13-11-18(12-14-21)17-28-22-15-19(26)16-27-23(22)29(24(28)30)20-9-7-6-8-10-20/h9,15-16,18,21H,6-8,10-14,17H2,1-5H3/t18-,21-. The van der Waals surface area contributed by atoms with E-state index in [1.165, 1.54) is 6.42 Å². The van der Waals surface area contributed by atoms with Gasteiger partial charge in [0.15, 0.2) is 14.0 Å². The third-order valence-electron chi connectivity index (χ3n) is 7.79. The van der Waals surface area contributed by atoms with Gasteiger partial charge in [-0.25, -0.2) is 14.3 Å². The van der Waals surface area contributed by atoms with Crippen molar-refractivity contribution in [3.05, 3.63) is 33.3 Å². The molecule has 2 heterocycles. The topological polar surface area (TPSA) is 49.0 Å². The van der Waals surface area contributed by atoms with Crippen molar-refractivity contribution in [3.8, 4) is 0 Å². The van der Waals surface area contributed by atoms with Crippen LogP contribution in [0.5, 0.6) is 0 Å². The Kier molecular flexibility index (Phi) is 6.90. The molecule has 2 aromatic heterocycles. The highest BCUT2D eigenvalue weighted by Gasteiger charge is 2.40. The van der Waals surface area contributed by atoms with Crippen LogP contribution in [0.3, 0.4) is 0 Å². The van der Waals surface area contributed by atoms with Crippen LogP contribution in [0.4, 0.5) is 0 Å². The fourth-order valence-corrected chi connectivity index (χ4v) is 6.59.